The van der Waals surface area contributed by atoms with Crippen molar-refractivity contribution in [1.29, 1.82) is 0 Å². The van der Waals surface area contributed by atoms with Crippen LogP contribution in [0.1, 0.15) is 18.4 Å². The smallest absolute Gasteiger partial charge is 0.262 e. The molecular formula is C19H21BrN2O2. The van der Waals surface area contributed by atoms with E-state index < -0.39 is 0 Å². The lowest BCUT2D eigenvalue weighted by molar-refractivity contribution is -0.118. The SMILES string of the molecule is Cc1cc(N2CCCC2)ccc1NC(=O)COc1cccc(Br)c1. The highest BCUT2D eigenvalue weighted by molar-refractivity contribution is 9.10. The number of benzene rings is 2. The van der Waals surface area contributed by atoms with Crippen LogP contribution >= 0.6 is 15.9 Å². The van der Waals surface area contributed by atoms with Gasteiger partial charge in [0.2, 0.25) is 0 Å². The standard InChI is InChI=1S/C19H21BrN2O2/c1-14-11-16(22-9-2-3-10-22)7-8-18(14)21-19(23)13-24-17-6-4-5-15(20)12-17/h4-8,11-12H,2-3,9-10,13H2,1H3,(H,21,23). The second-order valence-corrected chi connectivity index (χ2v) is 6.90. The number of rotatable bonds is 5. The third-order valence-electron chi connectivity index (χ3n) is 4.12. The van der Waals surface area contributed by atoms with E-state index in [1.807, 2.05) is 37.3 Å². The van der Waals surface area contributed by atoms with E-state index in [-0.39, 0.29) is 12.5 Å². The van der Waals surface area contributed by atoms with Crippen molar-refractivity contribution in [3.05, 3.63) is 52.5 Å². The minimum Gasteiger partial charge on any atom is -0.484 e. The van der Waals surface area contributed by atoms with Gasteiger partial charge in [-0.1, -0.05) is 22.0 Å². The first-order valence-corrected chi connectivity index (χ1v) is 8.95. The van der Waals surface area contributed by atoms with Gasteiger partial charge in [-0.25, -0.2) is 0 Å². The summed E-state index contributed by atoms with van der Waals surface area (Å²) in [6.45, 7) is 4.24. The first-order chi connectivity index (χ1) is 11.6. The van der Waals surface area contributed by atoms with Crippen LogP contribution < -0.4 is 15.0 Å². The zero-order chi connectivity index (χ0) is 16.9. The van der Waals surface area contributed by atoms with E-state index in [1.54, 1.807) is 0 Å². The molecule has 1 heterocycles. The molecule has 24 heavy (non-hydrogen) atoms. The molecule has 0 saturated carbocycles. The highest BCUT2D eigenvalue weighted by Gasteiger charge is 2.13. The number of nitrogens with one attached hydrogen (secondary N) is 1. The van der Waals surface area contributed by atoms with Crippen LogP contribution in [0, 0.1) is 6.92 Å². The molecule has 0 spiro atoms. The predicted molar refractivity (Wildman–Crippen MR) is 101 cm³/mol. The number of ether oxygens (including phenoxy) is 1. The number of halogens is 1. The molecule has 1 N–H and O–H groups in total. The van der Waals surface area contributed by atoms with E-state index in [2.05, 4.69) is 38.3 Å². The van der Waals surface area contributed by atoms with Gasteiger partial charge in [0, 0.05) is 28.9 Å². The quantitative estimate of drug-likeness (QED) is 0.826. The first-order valence-electron chi connectivity index (χ1n) is 8.15. The Kier molecular flexibility index (Phi) is 5.41. The molecule has 1 saturated heterocycles. The Balaban J connectivity index is 1.57. The molecule has 4 nitrogen and oxygen atoms in total. The van der Waals surface area contributed by atoms with Crippen LogP contribution in [-0.2, 0) is 4.79 Å². The van der Waals surface area contributed by atoms with E-state index in [9.17, 15) is 4.79 Å². The third kappa shape index (κ3) is 4.29. The topological polar surface area (TPSA) is 41.6 Å². The highest BCUT2D eigenvalue weighted by Crippen LogP contribution is 2.25. The predicted octanol–water partition coefficient (Wildman–Crippen LogP) is 4.38. The maximum absolute atomic E-state index is 12.1. The fourth-order valence-electron chi connectivity index (χ4n) is 2.85. The highest BCUT2D eigenvalue weighted by atomic mass is 79.9. The summed E-state index contributed by atoms with van der Waals surface area (Å²) in [5.74, 6) is 0.507. The molecule has 1 fully saturated rings. The Morgan fingerprint density at radius 3 is 2.71 bits per heavy atom. The van der Waals surface area contributed by atoms with Gasteiger partial charge in [0.05, 0.1) is 0 Å². The van der Waals surface area contributed by atoms with Crippen LogP contribution in [0.15, 0.2) is 46.9 Å². The van der Waals surface area contributed by atoms with Crippen LogP contribution in [-0.4, -0.2) is 25.6 Å². The average Bonchev–Trinajstić information content (AvgIpc) is 3.09. The molecule has 2 aromatic rings. The van der Waals surface area contributed by atoms with Crippen molar-refractivity contribution in [1.82, 2.24) is 0 Å². The summed E-state index contributed by atoms with van der Waals surface area (Å²) in [4.78, 5) is 14.5. The Hall–Kier alpha value is -2.01. The van der Waals surface area contributed by atoms with Crippen molar-refractivity contribution in [3.63, 3.8) is 0 Å². The van der Waals surface area contributed by atoms with Crippen molar-refractivity contribution in [2.24, 2.45) is 0 Å². The minimum absolute atomic E-state index is 0.0101. The number of hydrogen-bond acceptors (Lipinski definition) is 3. The average molecular weight is 389 g/mol. The molecule has 126 valence electrons. The van der Waals surface area contributed by atoms with Crippen LogP contribution in [0.5, 0.6) is 5.75 Å². The number of hydrogen-bond donors (Lipinski definition) is 1. The monoisotopic (exact) mass is 388 g/mol. The van der Waals surface area contributed by atoms with Crippen molar-refractivity contribution >= 4 is 33.2 Å². The summed E-state index contributed by atoms with van der Waals surface area (Å²) in [7, 11) is 0. The normalized spacial score (nSPS) is 13.8. The number of amides is 1. The summed E-state index contributed by atoms with van der Waals surface area (Å²) >= 11 is 3.38. The van der Waals surface area contributed by atoms with Crippen molar-refractivity contribution in [2.75, 3.05) is 29.9 Å². The summed E-state index contributed by atoms with van der Waals surface area (Å²) in [5.41, 5.74) is 3.13. The summed E-state index contributed by atoms with van der Waals surface area (Å²) in [6, 6.07) is 13.6. The molecular weight excluding hydrogens is 368 g/mol. The van der Waals surface area contributed by atoms with E-state index in [4.69, 9.17) is 4.74 Å². The lowest BCUT2D eigenvalue weighted by atomic mass is 10.1. The maximum Gasteiger partial charge on any atom is 0.262 e. The summed E-state index contributed by atoms with van der Waals surface area (Å²) in [6.07, 6.45) is 2.51. The number of aryl methyl sites for hydroxylation is 1. The van der Waals surface area contributed by atoms with Gasteiger partial charge < -0.3 is 15.0 Å². The molecule has 0 aliphatic carbocycles. The maximum atomic E-state index is 12.1. The van der Waals surface area contributed by atoms with Crippen LogP contribution in [0.3, 0.4) is 0 Å². The van der Waals surface area contributed by atoms with Gasteiger partial charge in [0.1, 0.15) is 5.75 Å². The molecule has 0 bridgehead atoms. The van der Waals surface area contributed by atoms with Gasteiger partial charge in [0.15, 0.2) is 6.61 Å². The van der Waals surface area contributed by atoms with Crippen molar-refractivity contribution in [2.45, 2.75) is 19.8 Å². The Morgan fingerprint density at radius 1 is 1.21 bits per heavy atom. The van der Waals surface area contributed by atoms with E-state index >= 15 is 0 Å². The molecule has 0 atom stereocenters. The third-order valence-corrected chi connectivity index (χ3v) is 4.61. The molecule has 5 heteroatoms. The number of anilines is 2. The van der Waals surface area contributed by atoms with Gasteiger partial charge in [-0.2, -0.15) is 0 Å². The van der Waals surface area contributed by atoms with Crippen molar-refractivity contribution < 1.29 is 9.53 Å². The lowest BCUT2D eigenvalue weighted by Gasteiger charge is -2.19. The molecule has 0 unspecified atom stereocenters. The molecule has 1 aliphatic rings. The van der Waals surface area contributed by atoms with Gasteiger partial charge in [-0.15, -0.1) is 0 Å². The zero-order valence-electron chi connectivity index (χ0n) is 13.7. The second kappa shape index (κ2) is 7.71. The minimum atomic E-state index is -0.160. The lowest BCUT2D eigenvalue weighted by Crippen LogP contribution is -2.21. The number of carbonyl (C=O) groups is 1. The Labute approximate surface area is 150 Å². The molecule has 3 rings (SSSR count). The summed E-state index contributed by atoms with van der Waals surface area (Å²) < 4.78 is 6.44. The fraction of sp³-hybridized carbons (Fsp3) is 0.316. The largest absolute Gasteiger partial charge is 0.484 e. The van der Waals surface area contributed by atoms with Gasteiger partial charge in [-0.3, -0.25) is 4.79 Å². The molecule has 0 radical (unpaired) electrons. The molecule has 0 aromatic heterocycles. The van der Waals surface area contributed by atoms with Crippen LogP contribution in [0.25, 0.3) is 0 Å². The first kappa shape index (κ1) is 16.8. The summed E-state index contributed by atoms with van der Waals surface area (Å²) in [5, 5.41) is 2.92. The zero-order valence-corrected chi connectivity index (χ0v) is 15.3. The van der Waals surface area contributed by atoms with E-state index in [1.165, 1.54) is 18.5 Å². The molecule has 2 aromatic carbocycles. The molecule has 1 amide bonds. The van der Waals surface area contributed by atoms with Crippen LogP contribution in [0.2, 0.25) is 0 Å². The fourth-order valence-corrected chi connectivity index (χ4v) is 3.23. The van der Waals surface area contributed by atoms with Crippen LogP contribution in [0.4, 0.5) is 11.4 Å². The van der Waals surface area contributed by atoms with Gasteiger partial charge >= 0.3 is 0 Å². The van der Waals surface area contributed by atoms with Crippen molar-refractivity contribution in [3.8, 4) is 5.75 Å². The van der Waals surface area contributed by atoms with Gasteiger partial charge in [0.25, 0.3) is 5.91 Å². The number of carbonyl (C=O) groups excluding carboxylic acids is 1. The Bertz CT molecular complexity index is 727. The van der Waals surface area contributed by atoms with E-state index in [0.717, 1.165) is 28.8 Å². The molecule has 1 aliphatic heterocycles. The Morgan fingerprint density at radius 2 is 2.00 bits per heavy atom. The van der Waals surface area contributed by atoms with E-state index in [0.29, 0.717) is 5.75 Å². The second-order valence-electron chi connectivity index (χ2n) is 5.99. The van der Waals surface area contributed by atoms with Gasteiger partial charge in [-0.05, 0) is 61.7 Å². The number of nitrogens with zero attached hydrogens (tertiary/aromatic N) is 1.